The van der Waals surface area contributed by atoms with E-state index in [1.54, 1.807) is 18.0 Å². The van der Waals surface area contributed by atoms with Gasteiger partial charge in [0.2, 0.25) is 0 Å². The molecule has 29 heavy (non-hydrogen) atoms. The summed E-state index contributed by atoms with van der Waals surface area (Å²) in [7, 11) is 0. The molecule has 154 valence electrons. The van der Waals surface area contributed by atoms with E-state index in [2.05, 4.69) is 31.4 Å². The third-order valence-electron chi connectivity index (χ3n) is 5.22. The Bertz CT molecular complexity index is 837. The summed E-state index contributed by atoms with van der Waals surface area (Å²) in [6, 6.07) is 9.94. The van der Waals surface area contributed by atoms with Gasteiger partial charge in [-0.05, 0) is 24.5 Å². The first-order valence-corrected chi connectivity index (χ1v) is 11.1. The zero-order valence-electron chi connectivity index (χ0n) is 16.6. The maximum atomic E-state index is 12.6. The summed E-state index contributed by atoms with van der Waals surface area (Å²) >= 11 is 1.66. The number of nitrogens with one attached hydrogen (secondary N) is 1. The van der Waals surface area contributed by atoms with E-state index in [9.17, 15) is 4.79 Å². The largest absolute Gasteiger partial charge is 0.378 e. The number of carbonyl (C=O) groups excluding carboxylic acids is 1. The van der Waals surface area contributed by atoms with E-state index < -0.39 is 0 Å². The second-order valence-corrected chi connectivity index (χ2v) is 7.89. The summed E-state index contributed by atoms with van der Waals surface area (Å²) in [5.74, 6) is 0.889. The molecular formula is C20H26N6O2S. The van der Waals surface area contributed by atoms with E-state index in [-0.39, 0.29) is 6.03 Å². The third-order valence-corrected chi connectivity index (χ3v) is 5.94. The average molecular weight is 415 g/mol. The van der Waals surface area contributed by atoms with Gasteiger partial charge in [0.15, 0.2) is 5.82 Å². The molecule has 3 heterocycles. The fourth-order valence-electron chi connectivity index (χ4n) is 3.54. The lowest BCUT2D eigenvalue weighted by atomic mass is 10.2. The van der Waals surface area contributed by atoms with Gasteiger partial charge in [-0.3, -0.25) is 0 Å². The van der Waals surface area contributed by atoms with Gasteiger partial charge in [0.25, 0.3) is 0 Å². The van der Waals surface area contributed by atoms with Crippen molar-refractivity contribution in [3.8, 4) is 0 Å². The van der Waals surface area contributed by atoms with E-state index in [1.807, 2.05) is 35.4 Å². The summed E-state index contributed by atoms with van der Waals surface area (Å²) in [5.41, 5.74) is 1.88. The van der Waals surface area contributed by atoms with Crippen molar-refractivity contribution >= 4 is 35.0 Å². The molecule has 2 saturated heterocycles. The van der Waals surface area contributed by atoms with Gasteiger partial charge in [-0.15, -0.1) is 16.9 Å². The van der Waals surface area contributed by atoms with Crippen LogP contribution in [0.4, 0.5) is 22.0 Å². The first-order valence-electron chi connectivity index (χ1n) is 9.83. The van der Waals surface area contributed by atoms with Crippen molar-refractivity contribution in [3.05, 3.63) is 36.5 Å². The normalized spacial score (nSPS) is 17.3. The minimum absolute atomic E-state index is 0.0511. The van der Waals surface area contributed by atoms with E-state index in [4.69, 9.17) is 4.74 Å². The minimum Gasteiger partial charge on any atom is -0.378 e. The highest BCUT2D eigenvalue weighted by Gasteiger charge is 2.22. The number of amides is 2. The molecule has 0 unspecified atom stereocenters. The standard InChI is InChI=1S/C20H26N6O2S/c1-29-18-4-2-3-16(13-18)22-20(27)26-7-5-24(6-8-26)17-14-19(23-21-15-17)25-9-11-28-12-10-25/h2-4,13-15H,5-12H2,1H3,(H,22,27). The number of aromatic nitrogens is 2. The van der Waals surface area contributed by atoms with Crippen molar-refractivity contribution in [2.75, 3.05) is 73.9 Å². The molecule has 9 heteroatoms. The minimum atomic E-state index is -0.0511. The van der Waals surface area contributed by atoms with Crippen LogP contribution in [-0.2, 0) is 4.74 Å². The smallest absolute Gasteiger partial charge is 0.321 e. The predicted octanol–water partition coefficient (Wildman–Crippen LogP) is 2.39. The van der Waals surface area contributed by atoms with Gasteiger partial charge >= 0.3 is 6.03 Å². The van der Waals surface area contributed by atoms with Crippen molar-refractivity contribution in [3.63, 3.8) is 0 Å². The van der Waals surface area contributed by atoms with Crippen LogP contribution in [0.1, 0.15) is 0 Å². The van der Waals surface area contributed by atoms with Crippen LogP contribution in [0.5, 0.6) is 0 Å². The Morgan fingerprint density at radius 3 is 2.62 bits per heavy atom. The summed E-state index contributed by atoms with van der Waals surface area (Å²) in [5, 5.41) is 11.5. The lowest BCUT2D eigenvalue weighted by Crippen LogP contribution is -2.50. The number of hydrogen-bond donors (Lipinski definition) is 1. The number of urea groups is 1. The van der Waals surface area contributed by atoms with Gasteiger partial charge in [-0.25, -0.2) is 4.79 Å². The Morgan fingerprint density at radius 2 is 1.86 bits per heavy atom. The molecule has 8 nitrogen and oxygen atoms in total. The molecule has 4 rings (SSSR count). The van der Waals surface area contributed by atoms with Gasteiger partial charge in [0.05, 0.1) is 25.1 Å². The number of ether oxygens (including phenoxy) is 1. The lowest BCUT2D eigenvalue weighted by Gasteiger charge is -2.36. The predicted molar refractivity (Wildman–Crippen MR) is 116 cm³/mol. The molecule has 2 aromatic rings. The molecular weight excluding hydrogens is 388 g/mol. The van der Waals surface area contributed by atoms with Crippen LogP contribution in [0.15, 0.2) is 41.4 Å². The van der Waals surface area contributed by atoms with Crippen molar-refractivity contribution in [2.45, 2.75) is 4.90 Å². The van der Waals surface area contributed by atoms with Crippen LogP contribution in [-0.4, -0.2) is 79.9 Å². The number of anilines is 3. The molecule has 2 amide bonds. The molecule has 0 spiro atoms. The Balaban J connectivity index is 1.33. The summed E-state index contributed by atoms with van der Waals surface area (Å²) in [4.78, 5) is 20.1. The maximum absolute atomic E-state index is 12.6. The Morgan fingerprint density at radius 1 is 1.07 bits per heavy atom. The number of morpholine rings is 1. The number of hydrogen-bond acceptors (Lipinski definition) is 7. The van der Waals surface area contributed by atoms with Gasteiger partial charge in [-0.1, -0.05) is 6.07 Å². The number of rotatable bonds is 4. The molecule has 2 fully saturated rings. The highest BCUT2D eigenvalue weighted by atomic mass is 32.2. The fourth-order valence-corrected chi connectivity index (χ4v) is 4.00. The highest BCUT2D eigenvalue weighted by Crippen LogP contribution is 2.22. The summed E-state index contributed by atoms with van der Waals surface area (Å²) < 4.78 is 5.41. The van der Waals surface area contributed by atoms with Crippen LogP contribution in [0.2, 0.25) is 0 Å². The Hall–Kier alpha value is -2.52. The second kappa shape index (κ2) is 9.32. The summed E-state index contributed by atoms with van der Waals surface area (Å²) in [6.45, 7) is 6.00. The molecule has 1 aromatic carbocycles. The molecule has 2 aliphatic rings. The molecule has 2 aliphatic heterocycles. The van der Waals surface area contributed by atoms with Gasteiger partial charge in [0.1, 0.15) is 0 Å². The van der Waals surface area contributed by atoms with Crippen molar-refractivity contribution in [2.24, 2.45) is 0 Å². The lowest BCUT2D eigenvalue weighted by molar-refractivity contribution is 0.122. The highest BCUT2D eigenvalue weighted by molar-refractivity contribution is 7.98. The molecule has 0 aliphatic carbocycles. The number of thioether (sulfide) groups is 1. The fraction of sp³-hybridized carbons (Fsp3) is 0.450. The zero-order chi connectivity index (χ0) is 20.1. The number of nitrogens with zero attached hydrogens (tertiary/aromatic N) is 5. The third kappa shape index (κ3) is 4.91. The van der Waals surface area contributed by atoms with Gasteiger partial charge in [0, 0.05) is 55.9 Å². The molecule has 1 aromatic heterocycles. The van der Waals surface area contributed by atoms with Gasteiger partial charge < -0.3 is 24.8 Å². The van der Waals surface area contributed by atoms with E-state index >= 15 is 0 Å². The van der Waals surface area contributed by atoms with E-state index in [1.165, 1.54) is 0 Å². The molecule has 0 bridgehead atoms. The monoisotopic (exact) mass is 414 g/mol. The van der Waals surface area contributed by atoms with Crippen LogP contribution < -0.4 is 15.1 Å². The van der Waals surface area contributed by atoms with E-state index in [0.29, 0.717) is 13.1 Å². The van der Waals surface area contributed by atoms with Crippen molar-refractivity contribution < 1.29 is 9.53 Å². The Kier molecular flexibility index (Phi) is 6.36. The SMILES string of the molecule is CSc1cccc(NC(=O)N2CCN(c3cnnc(N4CCOCC4)c3)CC2)c1. The van der Waals surface area contributed by atoms with E-state index in [0.717, 1.165) is 61.5 Å². The molecule has 0 atom stereocenters. The topological polar surface area (TPSA) is 73.8 Å². The zero-order valence-corrected chi connectivity index (χ0v) is 17.4. The second-order valence-electron chi connectivity index (χ2n) is 7.01. The molecule has 0 radical (unpaired) electrons. The number of piperazine rings is 1. The Labute approximate surface area is 175 Å². The molecule has 1 N–H and O–H groups in total. The van der Waals surface area contributed by atoms with Crippen LogP contribution in [0, 0.1) is 0 Å². The first-order chi connectivity index (χ1) is 14.2. The van der Waals surface area contributed by atoms with Crippen LogP contribution >= 0.6 is 11.8 Å². The summed E-state index contributed by atoms with van der Waals surface area (Å²) in [6.07, 6.45) is 3.83. The van der Waals surface area contributed by atoms with Crippen LogP contribution in [0.3, 0.4) is 0 Å². The van der Waals surface area contributed by atoms with Crippen LogP contribution in [0.25, 0.3) is 0 Å². The van der Waals surface area contributed by atoms with Crippen molar-refractivity contribution in [1.82, 2.24) is 15.1 Å². The van der Waals surface area contributed by atoms with Gasteiger partial charge in [-0.2, -0.15) is 5.10 Å². The van der Waals surface area contributed by atoms with Crippen molar-refractivity contribution in [1.29, 1.82) is 0 Å². The quantitative estimate of drug-likeness (QED) is 0.770. The molecule has 0 saturated carbocycles. The number of carbonyl (C=O) groups is 1. The first kappa shape index (κ1) is 19.8. The number of benzene rings is 1. The average Bonchev–Trinajstić information content (AvgIpc) is 2.80. The maximum Gasteiger partial charge on any atom is 0.321 e.